The average Bonchev–Trinajstić information content (AvgIpc) is 2.91. The average molecular weight is 344 g/mol. The SMILES string of the molecule is CC(=O)N1CCc2c([nH]c3ccc(Cl)nc23)C1c1cccc(F)c1. The van der Waals surface area contributed by atoms with Crippen LogP contribution >= 0.6 is 11.6 Å². The van der Waals surface area contributed by atoms with Gasteiger partial charge in [-0.15, -0.1) is 0 Å². The van der Waals surface area contributed by atoms with Gasteiger partial charge in [0.25, 0.3) is 0 Å². The number of amides is 1. The number of nitrogens with zero attached hydrogens (tertiary/aromatic N) is 2. The zero-order valence-corrected chi connectivity index (χ0v) is 13.8. The number of rotatable bonds is 1. The Morgan fingerprint density at radius 1 is 1.38 bits per heavy atom. The number of halogens is 2. The number of aromatic nitrogens is 2. The molecule has 2 aromatic heterocycles. The summed E-state index contributed by atoms with van der Waals surface area (Å²) in [6.45, 7) is 2.10. The molecule has 0 radical (unpaired) electrons. The number of H-pyrrole nitrogens is 1. The van der Waals surface area contributed by atoms with Crippen molar-refractivity contribution < 1.29 is 9.18 Å². The summed E-state index contributed by atoms with van der Waals surface area (Å²) in [6, 6.07) is 9.63. The number of fused-ring (bicyclic) bond motifs is 3. The molecule has 0 saturated carbocycles. The standard InChI is InChI=1S/C18H15ClFN3O/c1-10(24)23-8-7-13-16-14(5-6-15(19)22-16)21-17(13)18(23)11-3-2-4-12(20)9-11/h2-6,9,18,21H,7-8H2,1H3. The van der Waals surface area contributed by atoms with Crippen molar-refractivity contribution in [1.82, 2.24) is 14.9 Å². The van der Waals surface area contributed by atoms with Crippen molar-refractivity contribution in [3.63, 3.8) is 0 Å². The van der Waals surface area contributed by atoms with Gasteiger partial charge in [0.15, 0.2) is 0 Å². The highest BCUT2D eigenvalue weighted by Crippen LogP contribution is 2.38. The zero-order valence-electron chi connectivity index (χ0n) is 13.0. The van der Waals surface area contributed by atoms with Gasteiger partial charge >= 0.3 is 0 Å². The van der Waals surface area contributed by atoms with Crippen LogP contribution in [0.4, 0.5) is 4.39 Å². The van der Waals surface area contributed by atoms with Gasteiger partial charge in [-0.05, 0) is 36.2 Å². The second-order valence-electron chi connectivity index (χ2n) is 5.97. The van der Waals surface area contributed by atoms with Crippen molar-refractivity contribution in [2.24, 2.45) is 0 Å². The summed E-state index contributed by atoms with van der Waals surface area (Å²) < 4.78 is 13.7. The van der Waals surface area contributed by atoms with Crippen LogP contribution in [0.1, 0.15) is 29.8 Å². The first-order valence-corrected chi connectivity index (χ1v) is 8.12. The Bertz CT molecular complexity index is 953. The first-order valence-electron chi connectivity index (χ1n) is 7.74. The predicted molar refractivity (Wildman–Crippen MR) is 90.4 cm³/mol. The first-order chi connectivity index (χ1) is 11.5. The molecule has 3 aromatic rings. The summed E-state index contributed by atoms with van der Waals surface area (Å²) in [4.78, 5) is 21.7. The van der Waals surface area contributed by atoms with Crippen LogP contribution in [0.2, 0.25) is 5.15 Å². The predicted octanol–water partition coefficient (Wildman–Crippen LogP) is 3.85. The van der Waals surface area contributed by atoms with Gasteiger partial charge in [0.1, 0.15) is 11.0 Å². The quantitative estimate of drug-likeness (QED) is 0.682. The number of benzene rings is 1. The van der Waals surface area contributed by atoms with Crippen LogP contribution in [-0.2, 0) is 11.2 Å². The fraction of sp³-hybridized carbons (Fsp3) is 0.222. The van der Waals surface area contributed by atoms with Crippen molar-refractivity contribution in [2.75, 3.05) is 6.54 Å². The highest BCUT2D eigenvalue weighted by molar-refractivity contribution is 6.29. The minimum absolute atomic E-state index is 0.0421. The van der Waals surface area contributed by atoms with Crippen LogP contribution in [0.5, 0.6) is 0 Å². The zero-order chi connectivity index (χ0) is 16.8. The van der Waals surface area contributed by atoms with Gasteiger partial charge in [0, 0.05) is 24.7 Å². The molecule has 1 aliphatic heterocycles. The molecular formula is C18H15ClFN3O. The third kappa shape index (κ3) is 2.36. The van der Waals surface area contributed by atoms with Crippen LogP contribution in [0.25, 0.3) is 11.0 Å². The molecule has 0 aliphatic carbocycles. The molecule has 0 bridgehead atoms. The molecule has 0 saturated heterocycles. The molecule has 6 heteroatoms. The van der Waals surface area contributed by atoms with E-state index in [0.717, 1.165) is 27.9 Å². The number of hydrogen-bond donors (Lipinski definition) is 1. The molecular weight excluding hydrogens is 329 g/mol. The fourth-order valence-electron chi connectivity index (χ4n) is 3.48. The smallest absolute Gasteiger partial charge is 0.220 e. The van der Waals surface area contributed by atoms with Gasteiger partial charge in [-0.25, -0.2) is 9.37 Å². The van der Waals surface area contributed by atoms with E-state index in [4.69, 9.17) is 11.6 Å². The summed E-state index contributed by atoms with van der Waals surface area (Å²) >= 11 is 6.03. The lowest BCUT2D eigenvalue weighted by Crippen LogP contribution is -2.39. The highest BCUT2D eigenvalue weighted by Gasteiger charge is 2.33. The van der Waals surface area contributed by atoms with E-state index in [1.165, 1.54) is 19.1 Å². The number of aromatic amines is 1. The monoisotopic (exact) mass is 343 g/mol. The van der Waals surface area contributed by atoms with Crippen molar-refractivity contribution in [2.45, 2.75) is 19.4 Å². The van der Waals surface area contributed by atoms with E-state index in [0.29, 0.717) is 18.1 Å². The minimum atomic E-state index is -0.352. The lowest BCUT2D eigenvalue weighted by molar-refractivity contribution is -0.130. The van der Waals surface area contributed by atoms with Gasteiger partial charge in [-0.3, -0.25) is 4.79 Å². The Morgan fingerprint density at radius 3 is 2.96 bits per heavy atom. The lowest BCUT2D eigenvalue weighted by Gasteiger charge is -2.35. The molecule has 0 spiro atoms. The number of carbonyl (C=O) groups is 1. The van der Waals surface area contributed by atoms with Gasteiger partial charge in [0.2, 0.25) is 5.91 Å². The van der Waals surface area contributed by atoms with Crippen molar-refractivity contribution in [3.8, 4) is 0 Å². The Kier molecular flexibility index (Phi) is 3.53. The van der Waals surface area contributed by atoms with Crippen LogP contribution in [0.15, 0.2) is 36.4 Å². The summed E-state index contributed by atoms with van der Waals surface area (Å²) in [5.41, 5.74) is 4.35. The van der Waals surface area contributed by atoms with E-state index in [1.54, 1.807) is 17.0 Å². The minimum Gasteiger partial charge on any atom is -0.355 e. The van der Waals surface area contributed by atoms with Gasteiger partial charge < -0.3 is 9.88 Å². The van der Waals surface area contributed by atoms with E-state index in [1.807, 2.05) is 12.1 Å². The largest absolute Gasteiger partial charge is 0.355 e. The molecule has 1 atom stereocenters. The maximum absolute atomic E-state index is 13.7. The second-order valence-corrected chi connectivity index (χ2v) is 6.35. The van der Waals surface area contributed by atoms with Crippen LogP contribution in [0.3, 0.4) is 0 Å². The molecule has 1 amide bonds. The summed E-state index contributed by atoms with van der Waals surface area (Å²) in [5.74, 6) is -0.361. The van der Waals surface area contributed by atoms with E-state index in [2.05, 4.69) is 9.97 Å². The van der Waals surface area contributed by atoms with Crippen LogP contribution in [-0.4, -0.2) is 27.3 Å². The fourth-order valence-corrected chi connectivity index (χ4v) is 3.63. The maximum Gasteiger partial charge on any atom is 0.220 e. The third-order valence-corrected chi connectivity index (χ3v) is 4.71. The molecule has 24 heavy (non-hydrogen) atoms. The van der Waals surface area contributed by atoms with E-state index >= 15 is 0 Å². The normalized spacial score (nSPS) is 17.1. The number of hydrogen-bond acceptors (Lipinski definition) is 2. The Balaban J connectivity index is 1.95. The first kappa shape index (κ1) is 15.1. The number of pyridine rings is 1. The summed E-state index contributed by atoms with van der Waals surface area (Å²) in [6.07, 6.45) is 0.689. The Labute approximate surface area is 143 Å². The second kappa shape index (κ2) is 5.60. The van der Waals surface area contributed by atoms with Crippen molar-refractivity contribution in [1.29, 1.82) is 0 Å². The van der Waals surface area contributed by atoms with E-state index in [-0.39, 0.29) is 17.8 Å². The van der Waals surface area contributed by atoms with Crippen LogP contribution in [0, 0.1) is 5.82 Å². The molecule has 122 valence electrons. The highest BCUT2D eigenvalue weighted by atomic mass is 35.5. The topological polar surface area (TPSA) is 49.0 Å². The van der Waals surface area contributed by atoms with Crippen molar-refractivity contribution in [3.05, 3.63) is 64.2 Å². The lowest BCUT2D eigenvalue weighted by atomic mass is 9.93. The molecule has 1 N–H and O–H groups in total. The van der Waals surface area contributed by atoms with Crippen LogP contribution < -0.4 is 0 Å². The molecule has 3 heterocycles. The van der Waals surface area contributed by atoms with E-state index in [9.17, 15) is 9.18 Å². The molecule has 0 fully saturated rings. The molecule has 1 aromatic carbocycles. The molecule has 4 rings (SSSR count). The van der Waals surface area contributed by atoms with Crippen molar-refractivity contribution >= 4 is 28.5 Å². The maximum atomic E-state index is 13.7. The van der Waals surface area contributed by atoms with E-state index < -0.39 is 0 Å². The molecule has 4 nitrogen and oxygen atoms in total. The summed E-state index contributed by atoms with van der Waals surface area (Å²) in [7, 11) is 0. The Hall–Kier alpha value is -2.40. The number of carbonyl (C=O) groups excluding carboxylic acids is 1. The van der Waals surface area contributed by atoms with Gasteiger partial charge in [-0.2, -0.15) is 0 Å². The number of nitrogens with one attached hydrogen (secondary N) is 1. The van der Waals surface area contributed by atoms with Gasteiger partial charge in [0.05, 0.1) is 17.1 Å². The molecule has 1 unspecified atom stereocenters. The Morgan fingerprint density at radius 2 is 2.21 bits per heavy atom. The third-order valence-electron chi connectivity index (χ3n) is 4.50. The molecule has 1 aliphatic rings. The van der Waals surface area contributed by atoms with Gasteiger partial charge in [-0.1, -0.05) is 23.7 Å². The summed E-state index contributed by atoms with van der Waals surface area (Å²) in [5, 5.41) is 0.431.